The van der Waals surface area contributed by atoms with Crippen molar-refractivity contribution in [1.29, 1.82) is 0 Å². The predicted molar refractivity (Wildman–Crippen MR) is 114 cm³/mol. The topological polar surface area (TPSA) is 126 Å². The van der Waals surface area contributed by atoms with E-state index >= 15 is 0 Å². The number of benzene rings is 2. The molecule has 3 rings (SSSR count). The Balaban J connectivity index is 1.80. The molecule has 31 heavy (non-hydrogen) atoms. The monoisotopic (exact) mass is 425 g/mol. The molecule has 0 unspecified atom stereocenters. The Labute approximate surface area is 178 Å². The van der Waals surface area contributed by atoms with Crippen LogP contribution in [-0.4, -0.2) is 34.7 Å². The van der Waals surface area contributed by atoms with Gasteiger partial charge in [-0.05, 0) is 12.3 Å². The zero-order chi connectivity index (χ0) is 22.5. The van der Waals surface area contributed by atoms with E-state index in [1.807, 2.05) is 19.9 Å². The highest BCUT2D eigenvalue weighted by molar-refractivity contribution is 5.87. The van der Waals surface area contributed by atoms with Gasteiger partial charge in [-0.2, -0.15) is 0 Å². The fraction of sp³-hybridized carbons (Fsp3) is 0.261. The van der Waals surface area contributed by atoms with Crippen LogP contribution in [0.4, 0.5) is 0 Å². The number of aliphatic carboxylic acids is 1. The summed E-state index contributed by atoms with van der Waals surface area (Å²) in [7, 11) is 0. The van der Waals surface area contributed by atoms with Gasteiger partial charge in [0.05, 0.1) is 0 Å². The number of aromatic hydroxyl groups is 1. The lowest BCUT2D eigenvalue weighted by molar-refractivity contribution is -0.142. The van der Waals surface area contributed by atoms with Crippen molar-refractivity contribution in [3.8, 4) is 22.8 Å². The maximum Gasteiger partial charge on any atom is 0.326 e. The van der Waals surface area contributed by atoms with Gasteiger partial charge in [-0.3, -0.25) is 9.59 Å². The third-order valence-electron chi connectivity index (χ3n) is 4.55. The van der Waals surface area contributed by atoms with Crippen molar-refractivity contribution in [3.05, 3.63) is 58.8 Å². The number of phenols is 1. The van der Waals surface area contributed by atoms with Crippen LogP contribution in [-0.2, 0) is 9.59 Å². The lowest BCUT2D eigenvalue weighted by atomic mass is 10.0. The minimum atomic E-state index is -1.12. The Morgan fingerprint density at radius 2 is 1.84 bits per heavy atom. The molecule has 1 amide bonds. The van der Waals surface area contributed by atoms with Crippen LogP contribution in [0.2, 0.25) is 0 Å². The van der Waals surface area contributed by atoms with Crippen LogP contribution >= 0.6 is 0 Å². The van der Waals surface area contributed by atoms with Crippen LogP contribution in [0.5, 0.6) is 11.5 Å². The SMILES string of the molecule is CC(C)C[C@H](NC(=O)COc1cc(O)c2c(=O)cc(-c3ccccc3)oc2c1)C(=O)O. The van der Waals surface area contributed by atoms with Gasteiger partial charge in [-0.15, -0.1) is 0 Å². The highest BCUT2D eigenvalue weighted by Gasteiger charge is 2.21. The first-order valence-corrected chi connectivity index (χ1v) is 9.76. The largest absolute Gasteiger partial charge is 0.507 e. The molecule has 8 heteroatoms. The van der Waals surface area contributed by atoms with E-state index in [1.54, 1.807) is 24.3 Å². The number of hydrogen-bond acceptors (Lipinski definition) is 6. The molecule has 0 saturated carbocycles. The number of carboxylic acids is 1. The molecule has 0 aliphatic rings. The van der Waals surface area contributed by atoms with Gasteiger partial charge in [-0.25, -0.2) is 4.79 Å². The quantitative estimate of drug-likeness (QED) is 0.506. The Morgan fingerprint density at radius 1 is 1.13 bits per heavy atom. The van der Waals surface area contributed by atoms with Crippen LogP contribution in [0.1, 0.15) is 20.3 Å². The molecule has 3 aromatic rings. The number of rotatable bonds is 8. The fourth-order valence-corrected chi connectivity index (χ4v) is 3.15. The van der Waals surface area contributed by atoms with Gasteiger partial charge in [0.25, 0.3) is 5.91 Å². The normalized spacial score (nSPS) is 12.0. The molecule has 0 aliphatic heterocycles. The number of fused-ring (bicyclic) bond motifs is 1. The standard InChI is InChI=1S/C23H23NO7/c1-13(2)8-16(23(28)29)24-21(27)12-30-15-9-17(25)22-18(26)11-19(31-20(22)10-15)14-6-4-3-5-7-14/h3-7,9-11,13,16,25H,8,12H2,1-2H3,(H,24,27)(H,28,29)/t16-/m0/s1. The minimum Gasteiger partial charge on any atom is -0.507 e. The molecule has 0 radical (unpaired) electrons. The first kappa shape index (κ1) is 21.9. The molecule has 3 N–H and O–H groups in total. The van der Waals surface area contributed by atoms with E-state index in [1.165, 1.54) is 18.2 Å². The Morgan fingerprint density at radius 3 is 2.48 bits per heavy atom. The summed E-state index contributed by atoms with van der Waals surface area (Å²) in [6.45, 7) is 3.25. The van der Waals surface area contributed by atoms with Gasteiger partial charge >= 0.3 is 5.97 Å². The molecule has 2 aromatic carbocycles. The Kier molecular flexibility index (Phi) is 6.59. The van der Waals surface area contributed by atoms with Gasteiger partial charge in [0, 0.05) is 23.8 Å². The first-order valence-electron chi connectivity index (χ1n) is 9.76. The van der Waals surface area contributed by atoms with E-state index in [-0.39, 0.29) is 34.8 Å². The van der Waals surface area contributed by atoms with Crippen molar-refractivity contribution >= 4 is 22.8 Å². The summed E-state index contributed by atoms with van der Waals surface area (Å²) in [5.41, 5.74) is 0.376. The van der Waals surface area contributed by atoms with E-state index in [2.05, 4.69) is 5.32 Å². The number of nitrogens with one attached hydrogen (secondary N) is 1. The third-order valence-corrected chi connectivity index (χ3v) is 4.55. The number of carbonyl (C=O) groups excluding carboxylic acids is 1. The van der Waals surface area contributed by atoms with Gasteiger partial charge in [0.2, 0.25) is 0 Å². The second kappa shape index (κ2) is 9.34. The van der Waals surface area contributed by atoms with Crippen LogP contribution < -0.4 is 15.5 Å². The van der Waals surface area contributed by atoms with E-state index in [9.17, 15) is 24.6 Å². The van der Waals surface area contributed by atoms with Gasteiger partial charge in [-0.1, -0.05) is 44.2 Å². The highest BCUT2D eigenvalue weighted by atomic mass is 16.5. The number of hydrogen-bond donors (Lipinski definition) is 3. The van der Waals surface area contributed by atoms with Crippen LogP contribution in [0, 0.1) is 5.92 Å². The molecule has 0 spiro atoms. The molecular weight excluding hydrogens is 402 g/mol. The van der Waals surface area contributed by atoms with Crippen molar-refractivity contribution < 1.29 is 29.0 Å². The van der Waals surface area contributed by atoms with Crippen molar-refractivity contribution in [2.45, 2.75) is 26.3 Å². The van der Waals surface area contributed by atoms with Crippen molar-refractivity contribution in [3.63, 3.8) is 0 Å². The highest BCUT2D eigenvalue weighted by Crippen LogP contribution is 2.31. The zero-order valence-corrected chi connectivity index (χ0v) is 17.1. The lowest BCUT2D eigenvalue weighted by Crippen LogP contribution is -2.43. The van der Waals surface area contributed by atoms with Gasteiger partial charge < -0.3 is 24.7 Å². The Bertz CT molecular complexity index is 1150. The number of carboxylic acid groups (broad SMARTS) is 1. The second-order valence-electron chi connectivity index (χ2n) is 7.53. The molecule has 0 saturated heterocycles. The maximum atomic E-state index is 12.5. The Hall–Kier alpha value is -3.81. The number of amides is 1. The number of carbonyl (C=O) groups is 2. The molecule has 1 atom stereocenters. The molecular formula is C23H23NO7. The second-order valence-corrected chi connectivity index (χ2v) is 7.53. The smallest absolute Gasteiger partial charge is 0.326 e. The zero-order valence-electron chi connectivity index (χ0n) is 17.1. The van der Waals surface area contributed by atoms with Crippen LogP contribution in [0.25, 0.3) is 22.3 Å². The maximum absolute atomic E-state index is 12.5. The van der Waals surface area contributed by atoms with Crippen molar-refractivity contribution in [2.75, 3.05) is 6.61 Å². The summed E-state index contributed by atoms with van der Waals surface area (Å²) in [6.07, 6.45) is 0.283. The summed E-state index contributed by atoms with van der Waals surface area (Å²) in [5.74, 6) is -1.58. The average Bonchev–Trinajstić information content (AvgIpc) is 2.71. The minimum absolute atomic E-state index is 0.000595. The van der Waals surface area contributed by atoms with E-state index in [4.69, 9.17) is 9.15 Å². The summed E-state index contributed by atoms with van der Waals surface area (Å²) in [5, 5.41) is 21.9. The summed E-state index contributed by atoms with van der Waals surface area (Å²) >= 11 is 0. The van der Waals surface area contributed by atoms with E-state index in [0.717, 1.165) is 0 Å². The van der Waals surface area contributed by atoms with Crippen molar-refractivity contribution in [1.82, 2.24) is 5.32 Å². The molecule has 0 aliphatic carbocycles. The summed E-state index contributed by atoms with van der Waals surface area (Å²) in [4.78, 5) is 35.9. The van der Waals surface area contributed by atoms with Gasteiger partial charge in [0.1, 0.15) is 34.3 Å². The van der Waals surface area contributed by atoms with Gasteiger partial charge in [0.15, 0.2) is 12.0 Å². The first-order chi connectivity index (χ1) is 14.7. The van der Waals surface area contributed by atoms with Crippen molar-refractivity contribution in [2.24, 2.45) is 5.92 Å². The van der Waals surface area contributed by atoms with Crippen LogP contribution in [0.15, 0.2) is 57.7 Å². The van der Waals surface area contributed by atoms with E-state index in [0.29, 0.717) is 11.3 Å². The molecule has 0 bridgehead atoms. The third kappa shape index (κ3) is 5.42. The van der Waals surface area contributed by atoms with E-state index < -0.39 is 30.0 Å². The molecule has 162 valence electrons. The predicted octanol–water partition coefficient (Wildman–Crippen LogP) is 3.16. The average molecular weight is 425 g/mol. The molecule has 8 nitrogen and oxygen atoms in total. The van der Waals surface area contributed by atoms with Crippen LogP contribution in [0.3, 0.4) is 0 Å². The number of phenolic OH excluding ortho intramolecular Hbond substituents is 1. The summed E-state index contributed by atoms with van der Waals surface area (Å²) < 4.78 is 11.2. The molecule has 1 heterocycles. The fourth-order valence-electron chi connectivity index (χ4n) is 3.15. The molecule has 0 fully saturated rings. The summed E-state index contributed by atoms with van der Waals surface area (Å²) in [6, 6.07) is 11.9. The lowest BCUT2D eigenvalue weighted by Gasteiger charge is -2.16. The number of ether oxygens (including phenoxy) is 1. The molecule has 1 aromatic heterocycles.